The molecule has 1 aliphatic carbocycles. The molecule has 1 aliphatic rings. The van der Waals surface area contributed by atoms with E-state index < -0.39 is 0 Å². The lowest BCUT2D eigenvalue weighted by molar-refractivity contribution is 1.02. The summed E-state index contributed by atoms with van der Waals surface area (Å²) in [5.41, 5.74) is 6.70. The first-order chi connectivity index (χ1) is 20.8. The fourth-order valence-electron chi connectivity index (χ4n) is 7.37. The average molecular weight is 569 g/mol. The van der Waals surface area contributed by atoms with Gasteiger partial charge in [0.15, 0.2) is 0 Å². The van der Waals surface area contributed by atoms with Gasteiger partial charge in [0.1, 0.15) is 0 Å². The van der Waals surface area contributed by atoms with Crippen molar-refractivity contribution in [2.45, 2.75) is 12.8 Å². The molecule has 0 saturated carbocycles. The lowest BCUT2D eigenvalue weighted by Crippen LogP contribution is -1.89. The molecule has 0 aliphatic heterocycles. The van der Waals surface area contributed by atoms with E-state index in [1.54, 1.807) is 0 Å². The minimum Gasteiger partial charge on any atom is -0.140 e. The molecule has 0 atom stereocenters. The van der Waals surface area contributed by atoms with Gasteiger partial charge < -0.3 is 0 Å². The molecule has 7 aromatic carbocycles. The van der Waals surface area contributed by atoms with Crippen molar-refractivity contribution >= 4 is 91.3 Å². The number of allylic oxidation sites excluding steroid dienone is 1. The van der Waals surface area contributed by atoms with Crippen LogP contribution in [0.15, 0.2) is 115 Å². The molecule has 42 heavy (non-hydrogen) atoms. The Bertz CT molecular complexity index is 2570. The molecule has 0 unspecified atom stereocenters. The zero-order chi connectivity index (χ0) is 27.4. The van der Waals surface area contributed by atoms with Gasteiger partial charge in [0.25, 0.3) is 0 Å². The first kappa shape index (κ1) is 23.1. The van der Waals surface area contributed by atoms with Crippen molar-refractivity contribution < 1.29 is 0 Å². The Hall–Kier alpha value is -4.50. The maximum absolute atomic E-state index is 2.42. The van der Waals surface area contributed by atoms with E-state index in [1.165, 1.54) is 95.3 Å². The van der Waals surface area contributed by atoms with Crippen LogP contribution in [0.5, 0.6) is 0 Å². The Kier molecular flexibility index (Phi) is 4.68. The van der Waals surface area contributed by atoms with E-state index in [4.69, 9.17) is 0 Å². The van der Waals surface area contributed by atoms with Crippen molar-refractivity contribution in [2.24, 2.45) is 0 Å². The molecule has 2 heteroatoms. The van der Waals surface area contributed by atoms with Crippen molar-refractivity contribution in [1.82, 2.24) is 0 Å². The van der Waals surface area contributed by atoms with E-state index in [2.05, 4.69) is 121 Å². The maximum atomic E-state index is 2.42. The standard InChI is InChI=1S/C40H24S2/c1-3-10-35-28(6-1)30-19-16-25(22-37(30)41-35)26-17-12-23-15-21-32-27(18-13-24-14-20-31(26)38(23)39(24)32)33-8-5-9-34-29-7-2-4-11-36(29)42-40(33)34/h1-2,4-9,11-22H,3,10H2. The fourth-order valence-corrected chi connectivity index (χ4v) is 9.84. The van der Waals surface area contributed by atoms with Crippen LogP contribution in [-0.2, 0) is 6.42 Å². The number of benzene rings is 7. The van der Waals surface area contributed by atoms with Gasteiger partial charge in [-0.25, -0.2) is 0 Å². The van der Waals surface area contributed by atoms with Crippen LogP contribution in [0.1, 0.15) is 16.9 Å². The summed E-state index contributed by atoms with van der Waals surface area (Å²) in [5.74, 6) is 0. The highest BCUT2D eigenvalue weighted by atomic mass is 32.1. The minimum absolute atomic E-state index is 1.15. The minimum atomic E-state index is 1.15. The van der Waals surface area contributed by atoms with E-state index in [0.29, 0.717) is 0 Å². The first-order valence-electron chi connectivity index (χ1n) is 14.7. The second-order valence-corrected chi connectivity index (χ2v) is 13.7. The van der Waals surface area contributed by atoms with Gasteiger partial charge in [-0.3, -0.25) is 0 Å². The summed E-state index contributed by atoms with van der Waals surface area (Å²) in [7, 11) is 0. The second kappa shape index (κ2) is 8.51. The second-order valence-electron chi connectivity index (χ2n) is 11.5. The molecule has 0 bridgehead atoms. The predicted molar refractivity (Wildman–Crippen MR) is 187 cm³/mol. The number of thiophene rings is 2. The van der Waals surface area contributed by atoms with Crippen LogP contribution in [0.25, 0.3) is 90.9 Å². The summed E-state index contributed by atoms with van der Waals surface area (Å²) in [5, 5.41) is 12.1. The highest BCUT2D eigenvalue weighted by molar-refractivity contribution is 7.26. The lowest BCUT2D eigenvalue weighted by atomic mass is 9.87. The quantitative estimate of drug-likeness (QED) is 0.182. The molecule has 0 spiro atoms. The van der Waals surface area contributed by atoms with E-state index in [-0.39, 0.29) is 0 Å². The number of hydrogen-bond acceptors (Lipinski definition) is 2. The zero-order valence-electron chi connectivity index (χ0n) is 22.8. The molecule has 0 nitrogen and oxygen atoms in total. The molecule has 0 radical (unpaired) electrons. The van der Waals surface area contributed by atoms with Gasteiger partial charge in [-0.15, -0.1) is 22.7 Å². The number of hydrogen-bond donors (Lipinski definition) is 0. The van der Waals surface area contributed by atoms with E-state index in [9.17, 15) is 0 Å². The van der Waals surface area contributed by atoms with Crippen molar-refractivity contribution in [3.63, 3.8) is 0 Å². The van der Waals surface area contributed by atoms with Crippen LogP contribution in [0.3, 0.4) is 0 Å². The molecule has 10 rings (SSSR count). The summed E-state index contributed by atoms with van der Waals surface area (Å²) in [6.07, 6.45) is 6.96. The van der Waals surface area contributed by atoms with Crippen molar-refractivity contribution in [3.8, 4) is 22.3 Å². The van der Waals surface area contributed by atoms with Crippen LogP contribution in [0.4, 0.5) is 0 Å². The highest BCUT2D eigenvalue weighted by Crippen LogP contribution is 2.46. The molecule has 0 saturated heterocycles. The van der Waals surface area contributed by atoms with Gasteiger partial charge in [-0.2, -0.15) is 0 Å². The van der Waals surface area contributed by atoms with Gasteiger partial charge in [0.05, 0.1) is 0 Å². The van der Waals surface area contributed by atoms with Gasteiger partial charge in [0.2, 0.25) is 0 Å². The molecule has 196 valence electrons. The SMILES string of the molecule is C1=Cc2c(sc3cc(-c4ccc5ccc6c(-c7cccc8c7sc7ccccc78)ccc7ccc4c5c76)ccc23)CC1. The van der Waals surface area contributed by atoms with Gasteiger partial charge in [0, 0.05) is 35.3 Å². The third-order valence-electron chi connectivity index (χ3n) is 9.30. The summed E-state index contributed by atoms with van der Waals surface area (Å²) in [6, 6.07) is 41.3. The number of aryl methyl sites for hydroxylation is 1. The van der Waals surface area contributed by atoms with Crippen molar-refractivity contribution in [3.05, 3.63) is 126 Å². The Morgan fingerprint density at radius 1 is 0.500 bits per heavy atom. The highest BCUT2D eigenvalue weighted by Gasteiger charge is 2.18. The van der Waals surface area contributed by atoms with Crippen LogP contribution in [0, 0.1) is 0 Å². The Labute approximate surface area is 251 Å². The Balaban J connectivity index is 1.23. The largest absolute Gasteiger partial charge is 0.140 e. The van der Waals surface area contributed by atoms with Gasteiger partial charge >= 0.3 is 0 Å². The Morgan fingerprint density at radius 2 is 1.24 bits per heavy atom. The normalized spacial score (nSPS) is 13.4. The molecular weight excluding hydrogens is 545 g/mol. The van der Waals surface area contributed by atoms with E-state index >= 15 is 0 Å². The number of fused-ring (bicyclic) bond motifs is 6. The first-order valence-corrected chi connectivity index (χ1v) is 16.3. The summed E-state index contributed by atoms with van der Waals surface area (Å²) < 4.78 is 4.12. The van der Waals surface area contributed by atoms with Crippen LogP contribution >= 0.6 is 22.7 Å². The van der Waals surface area contributed by atoms with Crippen molar-refractivity contribution in [2.75, 3.05) is 0 Å². The van der Waals surface area contributed by atoms with Crippen LogP contribution < -0.4 is 0 Å². The van der Waals surface area contributed by atoms with Gasteiger partial charge in [-0.1, -0.05) is 109 Å². The molecule has 0 amide bonds. The molecular formula is C40H24S2. The lowest BCUT2D eigenvalue weighted by Gasteiger charge is -2.17. The predicted octanol–water partition coefficient (Wildman–Crippen LogP) is 12.5. The average Bonchev–Trinajstić information content (AvgIpc) is 3.61. The summed E-state index contributed by atoms with van der Waals surface area (Å²) in [6.45, 7) is 0. The monoisotopic (exact) mass is 568 g/mol. The zero-order valence-corrected chi connectivity index (χ0v) is 24.4. The van der Waals surface area contributed by atoms with Crippen LogP contribution in [-0.4, -0.2) is 0 Å². The maximum Gasteiger partial charge on any atom is 0.0434 e. The fraction of sp³-hybridized carbons (Fsp3) is 0.0500. The van der Waals surface area contributed by atoms with Gasteiger partial charge in [-0.05, 0) is 84.9 Å². The smallest absolute Gasteiger partial charge is 0.0434 e. The molecule has 0 N–H and O–H groups in total. The molecule has 9 aromatic rings. The Morgan fingerprint density at radius 3 is 2.12 bits per heavy atom. The third-order valence-corrected chi connectivity index (χ3v) is 11.7. The topological polar surface area (TPSA) is 0 Å². The summed E-state index contributed by atoms with van der Waals surface area (Å²) >= 11 is 3.88. The van der Waals surface area contributed by atoms with Crippen LogP contribution in [0.2, 0.25) is 0 Å². The third kappa shape index (κ3) is 3.11. The van der Waals surface area contributed by atoms with E-state index in [1.807, 2.05) is 22.7 Å². The number of rotatable bonds is 2. The molecule has 2 aromatic heterocycles. The van der Waals surface area contributed by atoms with Crippen molar-refractivity contribution in [1.29, 1.82) is 0 Å². The summed E-state index contributed by atoms with van der Waals surface area (Å²) in [4.78, 5) is 1.53. The molecule has 2 heterocycles. The molecule has 0 fully saturated rings. The van der Waals surface area contributed by atoms with E-state index in [0.717, 1.165) is 12.8 Å².